The van der Waals surface area contributed by atoms with Gasteiger partial charge in [-0.05, 0) is 31.1 Å². The molecule has 1 aliphatic carbocycles. The summed E-state index contributed by atoms with van der Waals surface area (Å²) < 4.78 is 0. The van der Waals surface area contributed by atoms with Crippen LogP contribution in [0.4, 0.5) is 0 Å². The van der Waals surface area contributed by atoms with Crippen LogP contribution in [0.5, 0.6) is 0 Å². The van der Waals surface area contributed by atoms with Gasteiger partial charge >= 0.3 is 0 Å². The summed E-state index contributed by atoms with van der Waals surface area (Å²) in [6.45, 7) is 2.65. The van der Waals surface area contributed by atoms with Gasteiger partial charge < -0.3 is 0 Å². The molecule has 4 nitrogen and oxygen atoms in total. The van der Waals surface area contributed by atoms with Crippen LogP contribution in [0, 0.1) is 11.8 Å². The summed E-state index contributed by atoms with van der Waals surface area (Å²) in [5.41, 5.74) is 0. The third-order valence-electron chi connectivity index (χ3n) is 2.96. The molecule has 0 saturated heterocycles. The summed E-state index contributed by atoms with van der Waals surface area (Å²) in [5.74, 6) is 0.900. The Labute approximate surface area is 83.1 Å². The predicted molar refractivity (Wildman–Crippen MR) is 51.4 cm³/mol. The first kappa shape index (κ1) is 10.8. The lowest BCUT2D eigenvalue weighted by Gasteiger charge is -2.30. The Balaban J connectivity index is 2.54. The van der Waals surface area contributed by atoms with Crippen molar-refractivity contribution in [3.8, 4) is 0 Å². The van der Waals surface area contributed by atoms with Crippen molar-refractivity contribution in [3.63, 3.8) is 0 Å². The molecule has 0 heterocycles. The Bertz CT molecular complexity index is 278. The Morgan fingerprint density at radius 1 is 1.29 bits per heavy atom. The number of hydrogen-bond donors (Lipinski definition) is 0. The highest BCUT2D eigenvalue weighted by Crippen LogP contribution is 2.31. The van der Waals surface area contributed by atoms with E-state index < -0.39 is 0 Å². The second-order valence-electron chi connectivity index (χ2n) is 3.86. The van der Waals surface area contributed by atoms with E-state index in [4.69, 9.17) is 0 Å². The quantitative estimate of drug-likeness (QED) is 0.504. The molecule has 4 heteroatoms. The summed E-state index contributed by atoms with van der Waals surface area (Å²) in [7, 11) is 0. The minimum atomic E-state index is 0.0792. The summed E-state index contributed by atoms with van der Waals surface area (Å²) in [6.07, 6.45) is 5.96. The molecular weight excluding hydrogens is 180 g/mol. The molecule has 1 rings (SSSR count). The molecule has 1 saturated carbocycles. The highest BCUT2D eigenvalue weighted by atomic mass is 16.1. The number of isocyanates is 2. The molecule has 1 fully saturated rings. The SMILES string of the molecule is CC1CCC(N=C=O)CC1CN=C=O. The van der Waals surface area contributed by atoms with Crippen LogP contribution < -0.4 is 0 Å². The van der Waals surface area contributed by atoms with Gasteiger partial charge in [-0.3, -0.25) is 0 Å². The van der Waals surface area contributed by atoms with E-state index in [9.17, 15) is 9.59 Å². The number of nitrogens with zero attached hydrogens (tertiary/aromatic N) is 2. The molecule has 0 aromatic rings. The van der Waals surface area contributed by atoms with Crippen molar-refractivity contribution >= 4 is 12.2 Å². The Morgan fingerprint density at radius 3 is 2.71 bits per heavy atom. The van der Waals surface area contributed by atoms with Crippen LogP contribution in [0.15, 0.2) is 9.98 Å². The van der Waals surface area contributed by atoms with E-state index in [1.807, 2.05) is 0 Å². The Hall–Kier alpha value is -1.24. The fraction of sp³-hybridized carbons (Fsp3) is 0.800. The summed E-state index contributed by atoms with van der Waals surface area (Å²) in [4.78, 5) is 27.4. The van der Waals surface area contributed by atoms with E-state index in [0.29, 0.717) is 18.4 Å². The molecule has 3 unspecified atom stereocenters. The molecule has 3 atom stereocenters. The average Bonchev–Trinajstić information content (AvgIpc) is 2.19. The van der Waals surface area contributed by atoms with E-state index in [1.54, 1.807) is 12.2 Å². The normalized spacial score (nSPS) is 31.4. The predicted octanol–water partition coefficient (Wildman–Crippen LogP) is 1.46. The number of rotatable bonds is 3. The topological polar surface area (TPSA) is 58.9 Å². The highest BCUT2D eigenvalue weighted by Gasteiger charge is 2.27. The van der Waals surface area contributed by atoms with Crippen LogP contribution in [0.2, 0.25) is 0 Å². The molecule has 1 aliphatic rings. The minimum Gasteiger partial charge on any atom is -0.211 e. The number of carbonyl (C=O) groups excluding carboxylic acids is 2. The van der Waals surface area contributed by atoms with Gasteiger partial charge in [-0.15, -0.1) is 0 Å². The maximum atomic E-state index is 10.1. The van der Waals surface area contributed by atoms with Gasteiger partial charge in [0.25, 0.3) is 0 Å². The fourth-order valence-electron chi connectivity index (χ4n) is 1.99. The first-order chi connectivity index (χ1) is 6.77. The highest BCUT2D eigenvalue weighted by molar-refractivity contribution is 5.34. The molecular formula is C10H14N2O2. The monoisotopic (exact) mass is 194 g/mol. The van der Waals surface area contributed by atoms with E-state index in [-0.39, 0.29) is 6.04 Å². The lowest BCUT2D eigenvalue weighted by molar-refractivity contribution is 0.240. The van der Waals surface area contributed by atoms with Crippen molar-refractivity contribution in [1.82, 2.24) is 0 Å². The van der Waals surface area contributed by atoms with Gasteiger partial charge in [-0.2, -0.15) is 0 Å². The van der Waals surface area contributed by atoms with Gasteiger partial charge in [0, 0.05) is 0 Å². The molecule has 14 heavy (non-hydrogen) atoms. The molecule has 0 N–H and O–H groups in total. The zero-order valence-electron chi connectivity index (χ0n) is 8.27. The van der Waals surface area contributed by atoms with Crippen LogP contribution in [-0.2, 0) is 9.59 Å². The largest absolute Gasteiger partial charge is 0.235 e. The maximum absolute atomic E-state index is 10.1. The fourth-order valence-corrected chi connectivity index (χ4v) is 1.99. The van der Waals surface area contributed by atoms with Crippen molar-refractivity contribution in [3.05, 3.63) is 0 Å². The van der Waals surface area contributed by atoms with Gasteiger partial charge in [0.2, 0.25) is 12.2 Å². The first-order valence-electron chi connectivity index (χ1n) is 4.88. The van der Waals surface area contributed by atoms with Crippen LogP contribution in [0.3, 0.4) is 0 Å². The van der Waals surface area contributed by atoms with Crippen molar-refractivity contribution in [2.75, 3.05) is 6.54 Å². The van der Waals surface area contributed by atoms with Crippen molar-refractivity contribution in [2.24, 2.45) is 21.8 Å². The van der Waals surface area contributed by atoms with Crippen LogP contribution in [-0.4, -0.2) is 24.7 Å². The van der Waals surface area contributed by atoms with Gasteiger partial charge in [0.05, 0.1) is 12.6 Å². The second-order valence-corrected chi connectivity index (χ2v) is 3.86. The summed E-state index contributed by atoms with van der Waals surface area (Å²) in [6, 6.07) is 0.0792. The van der Waals surface area contributed by atoms with E-state index in [1.165, 1.54) is 0 Å². The molecule has 0 bridgehead atoms. The van der Waals surface area contributed by atoms with Gasteiger partial charge in [-0.1, -0.05) is 6.92 Å². The molecule has 0 aromatic carbocycles. The maximum Gasteiger partial charge on any atom is 0.235 e. The Morgan fingerprint density at radius 2 is 2.07 bits per heavy atom. The molecule has 0 spiro atoms. The van der Waals surface area contributed by atoms with Crippen molar-refractivity contribution in [2.45, 2.75) is 32.2 Å². The van der Waals surface area contributed by atoms with Crippen LogP contribution in [0.1, 0.15) is 26.2 Å². The van der Waals surface area contributed by atoms with E-state index in [0.717, 1.165) is 19.3 Å². The smallest absolute Gasteiger partial charge is 0.211 e. The lowest BCUT2D eigenvalue weighted by Crippen LogP contribution is -2.27. The summed E-state index contributed by atoms with van der Waals surface area (Å²) in [5, 5.41) is 0. The molecule has 0 radical (unpaired) electrons. The second kappa shape index (κ2) is 5.48. The van der Waals surface area contributed by atoms with Gasteiger partial charge in [0.1, 0.15) is 0 Å². The first-order valence-corrected chi connectivity index (χ1v) is 4.88. The Kier molecular flexibility index (Phi) is 4.24. The van der Waals surface area contributed by atoms with Crippen LogP contribution >= 0.6 is 0 Å². The minimum absolute atomic E-state index is 0.0792. The average molecular weight is 194 g/mol. The van der Waals surface area contributed by atoms with E-state index in [2.05, 4.69) is 16.9 Å². The van der Waals surface area contributed by atoms with E-state index >= 15 is 0 Å². The lowest BCUT2D eigenvalue weighted by atomic mass is 9.78. The molecule has 76 valence electrons. The van der Waals surface area contributed by atoms with Crippen molar-refractivity contribution < 1.29 is 9.59 Å². The third kappa shape index (κ3) is 2.91. The zero-order valence-corrected chi connectivity index (χ0v) is 8.27. The van der Waals surface area contributed by atoms with Crippen molar-refractivity contribution in [1.29, 1.82) is 0 Å². The molecule has 0 amide bonds. The number of aliphatic imine (C=N–C) groups is 2. The van der Waals surface area contributed by atoms with Gasteiger partial charge in [-0.25, -0.2) is 19.6 Å². The van der Waals surface area contributed by atoms with Crippen LogP contribution in [0.25, 0.3) is 0 Å². The third-order valence-corrected chi connectivity index (χ3v) is 2.96. The molecule has 0 aliphatic heterocycles. The summed E-state index contributed by atoms with van der Waals surface area (Å²) >= 11 is 0. The zero-order chi connectivity index (χ0) is 10.4. The number of hydrogen-bond acceptors (Lipinski definition) is 4. The van der Waals surface area contributed by atoms with Gasteiger partial charge in [0.15, 0.2) is 0 Å². The standard InChI is InChI=1S/C10H14N2O2/c1-8-2-3-10(12-7-14)4-9(8)5-11-6-13/h8-10H,2-5H2,1H3. The molecule has 0 aromatic heterocycles.